The highest BCUT2D eigenvalue weighted by atomic mass is 19.4. The molecular weight excluding hydrogens is 487 g/mol. The van der Waals surface area contributed by atoms with E-state index in [2.05, 4.69) is 49.4 Å². The lowest BCUT2D eigenvalue weighted by molar-refractivity contribution is -0.192. The maximum atomic E-state index is 12.0. The number of hydrogen-bond donors (Lipinski definition) is 3. The van der Waals surface area contributed by atoms with E-state index in [1.54, 1.807) is 6.20 Å². The van der Waals surface area contributed by atoms with E-state index in [0.29, 0.717) is 6.54 Å². The van der Waals surface area contributed by atoms with Crippen LogP contribution in [0.2, 0.25) is 0 Å². The molecule has 1 aliphatic heterocycles. The molecule has 0 saturated heterocycles. The van der Waals surface area contributed by atoms with Gasteiger partial charge in [-0.1, -0.05) is 12.1 Å². The lowest BCUT2D eigenvalue weighted by Gasteiger charge is -2.20. The summed E-state index contributed by atoms with van der Waals surface area (Å²) in [5, 5.41) is 10.0. The van der Waals surface area contributed by atoms with Crippen molar-refractivity contribution in [2.24, 2.45) is 0 Å². The third-order valence-corrected chi connectivity index (χ3v) is 5.59. The zero-order chi connectivity index (χ0) is 27.3. The third-order valence-electron chi connectivity index (χ3n) is 5.59. The summed E-state index contributed by atoms with van der Waals surface area (Å²) >= 11 is 0. The van der Waals surface area contributed by atoms with E-state index in [1.165, 1.54) is 0 Å². The standard InChI is InChI=1S/C24H27N5O.C2HF3O2/c1-28(2)19-8-6-16(23(14-19)29(3)4)5-7-18-13-17(9-11-25-18)22-15-20-21(27-22)10-12-26-24(20)30;3-2(4,5)1(6)7/h5-9,11,13-15,27H,10,12H2,1-4H3,(H,26,30);(H,6,7)/b7-5+;. The van der Waals surface area contributed by atoms with Crippen molar-refractivity contribution in [3.63, 3.8) is 0 Å². The molecule has 1 aliphatic rings. The van der Waals surface area contributed by atoms with Gasteiger partial charge < -0.3 is 25.2 Å². The number of amides is 1. The van der Waals surface area contributed by atoms with Gasteiger partial charge in [0, 0.05) is 75.7 Å². The number of hydrogen-bond acceptors (Lipinski definition) is 5. The van der Waals surface area contributed by atoms with Crippen molar-refractivity contribution in [1.29, 1.82) is 0 Å². The van der Waals surface area contributed by atoms with Gasteiger partial charge in [-0.15, -0.1) is 0 Å². The predicted molar refractivity (Wildman–Crippen MR) is 138 cm³/mol. The van der Waals surface area contributed by atoms with Crippen LogP contribution in [0.4, 0.5) is 24.5 Å². The van der Waals surface area contributed by atoms with E-state index < -0.39 is 12.1 Å². The average Bonchev–Trinajstić information content (AvgIpc) is 3.28. The Morgan fingerprint density at radius 1 is 1.05 bits per heavy atom. The third kappa shape index (κ3) is 6.90. The zero-order valence-corrected chi connectivity index (χ0v) is 20.8. The average molecular weight is 516 g/mol. The number of benzene rings is 1. The second-order valence-corrected chi connectivity index (χ2v) is 8.72. The molecule has 0 radical (unpaired) electrons. The number of pyridine rings is 1. The van der Waals surface area contributed by atoms with Crippen molar-refractivity contribution in [3.05, 3.63) is 65.1 Å². The Kier molecular flexibility index (Phi) is 8.26. The molecule has 0 bridgehead atoms. The van der Waals surface area contributed by atoms with Crippen LogP contribution in [0, 0.1) is 0 Å². The molecule has 196 valence electrons. The van der Waals surface area contributed by atoms with E-state index in [4.69, 9.17) is 9.90 Å². The van der Waals surface area contributed by atoms with Gasteiger partial charge >= 0.3 is 12.1 Å². The summed E-state index contributed by atoms with van der Waals surface area (Å²) in [6.45, 7) is 0.678. The molecule has 0 unspecified atom stereocenters. The van der Waals surface area contributed by atoms with Gasteiger partial charge in [-0.3, -0.25) is 9.78 Å². The van der Waals surface area contributed by atoms with Gasteiger partial charge in [0.1, 0.15) is 0 Å². The molecule has 1 aromatic carbocycles. The van der Waals surface area contributed by atoms with Crippen molar-refractivity contribution >= 4 is 35.4 Å². The minimum atomic E-state index is -5.08. The number of carbonyl (C=O) groups is 2. The van der Waals surface area contributed by atoms with Gasteiger partial charge in [-0.05, 0) is 42.0 Å². The van der Waals surface area contributed by atoms with Crippen LogP contribution in [0.25, 0.3) is 23.4 Å². The molecule has 3 N–H and O–H groups in total. The molecule has 3 heterocycles. The van der Waals surface area contributed by atoms with Crippen LogP contribution >= 0.6 is 0 Å². The molecule has 0 aliphatic carbocycles. The fraction of sp³-hybridized carbons (Fsp3) is 0.269. The number of aliphatic carboxylic acids is 1. The van der Waals surface area contributed by atoms with Crippen LogP contribution < -0.4 is 15.1 Å². The van der Waals surface area contributed by atoms with Gasteiger partial charge in [0.15, 0.2) is 0 Å². The van der Waals surface area contributed by atoms with Gasteiger partial charge in [0.05, 0.1) is 11.3 Å². The Morgan fingerprint density at radius 2 is 1.76 bits per heavy atom. The number of carbonyl (C=O) groups excluding carboxylic acids is 1. The molecule has 0 atom stereocenters. The number of nitrogens with zero attached hydrogens (tertiary/aromatic N) is 3. The summed E-state index contributed by atoms with van der Waals surface area (Å²) in [7, 11) is 8.19. The number of aromatic nitrogens is 2. The highest BCUT2D eigenvalue weighted by Crippen LogP contribution is 2.28. The second kappa shape index (κ2) is 11.2. The maximum absolute atomic E-state index is 12.0. The van der Waals surface area contributed by atoms with Crippen molar-refractivity contribution in [2.45, 2.75) is 12.6 Å². The summed E-state index contributed by atoms with van der Waals surface area (Å²) in [6, 6.07) is 12.3. The summed E-state index contributed by atoms with van der Waals surface area (Å²) in [5.41, 5.74) is 8.00. The van der Waals surface area contributed by atoms with Crippen LogP contribution in [0.15, 0.2) is 42.6 Å². The minimum Gasteiger partial charge on any atom is -0.475 e. The molecule has 4 rings (SSSR count). The fourth-order valence-electron chi connectivity index (χ4n) is 3.67. The summed E-state index contributed by atoms with van der Waals surface area (Å²) in [5.74, 6) is -2.77. The van der Waals surface area contributed by atoms with E-state index in [9.17, 15) is 18.0 Å². The molecule has 1 amide bonds. The molecule has 3 aromatic rings. The molecule has 37 heavy (non-hydrogen) atoms. The topological polar surface area (TPSA) is 102 Å². The van der Waals surface area contributed by atoms with Crippen molar-refractivity contribution in [2.75, 3.05) is 44.5 Å². The van der Waals surface area contributed by atoms with E-state index in [1.807, 2.05) is 52.5 Å². The Morgan fingerprint density at radius 3 is 2.35 bits per heavy atom. The molecule has 8 nitrogen and oxygen atoms in total. The molecule has 0 spiro atoms. The van der Waals surface area contributed by atoms with Gasteiger partial charge in [0.25, 0.3) is 5.91 Å². The molecule has 0 saturated carbocycles. The first-order valence-corrected chi connectivity index (χ1v) is 11.3. The summed E-state index contributed by atoms with van der Waals surface area (Å²) < 4.78 is 31.7. The molecule has 0 fully saturated rings. The number of carboxylic acids is 1. The van der Waals surface area contributed by atoms with Gasteiger partial charge in [-0.2, -0.15) is 13.2 Å². The Hall–Kier alpha value is -4.28. The number of carboxylic acid groups (broad SMARTS) is 1. The quantitative estimate of drug-likeness (QED) is 0.469. The van der Waals surface area contributed by atoms with E-state index in [-0.39, 0.29) is 5.91 Å². The van der Waals surface area contributed by atoms with Crippen molar-refractivity contribution in [1.82, 2.24) is 15.3 Å². The maximum Gasteiger partial charge on any atom is 0.490 e. The highest BCUT2D eigenvalue weighted by Gasteiger charge is 2.38. The normalized spacial score (nSPS) is 12.9. The number of aromatic amines is 1. The number of H-pyrrole nitrogens is 1. The smallest absolute Gasteiger partial charge is 0.475 e. The lowest BCUT2D eigenvalue weighted by atomic mass is 10.1. The summed E-state index contributed by atoms with van der Waals surface area (Å²) in [6.07, 6.45) is 1.66. The van der Waals surface area contributed by atoms with Crippen LogP contribution in [-0.4, -0.2) is 67.9 Å². The fourth-order valence-corrected chi connectivity index (χ4v) is 3.67. The first-order valence-electron chi connectivity index (χ1n) is 11.3. The SMILES string of the molecule is CN(C)c1ccc(/C=C/c2cc(-c3cc4c([nH]3)CCNC4=O)ccn2)c(N(C)C)c1.O=C(O)C(F)(F)F. The van der Waals surface area contributed by atoms with E-state index >= 15 is 0 Å². The van der Waals surface area contributed by atoms with Gasteiger partial charge in [-0.25, -0.2) is 4.79 Å². The minimum absolute atomic E-state index is 0.00897. The number of nitrogens with one attached hydrogen (secondary N) is 2. The van der Waals surface area contributed by atoms with Crippen LogP contribution in [0.5, 0.6) is 0 Å². The Bertz CT molecular complexity index is 1310. The molecule has 11 heteroatoms. The Balaban J connectivity index is 0.000000479. The summed E-state index contributed by atoms with van der Waals surface area (Å²) in [4.78, 5) is 33.1. The number of rotatable bonds is 5. The lowest BCUT2D eigenvalue weighted by Crippen LogP contribution is -2.31. The Labute approximate surface area is 212 Å². The monoisotopic (exact) mass is 515 g/mol. The number of anilines is 2. The van der Waals surface area contributed by atoms with Crippen LogP contribution in [-0.2, 0) is 11.2 Å². The van der Waals surface area contributed by atoms with Crippen molar-refractivity contribution < 1.29 is 27.9 Å². The number of fused-ring (bicyclic) bond motifs is 1. The number of halogens is 3. The first-order chi connectivity index (χ1) is 17.4. The zero-order valence-electron chi connectivity index (χ0n) is 20.8. The van der Waals surface area contributed by atoms with E-state index in [0.717, 1.165) is 51.6 Å². The largest absolute Gasteiger partial charge is 0.490 e. The first kappa shape index (κ1) is 27.3. The molecule has 2 aromatic heterocycles. The van der Waals surface area contributed by atoms with Crippen LogP contribution in [0.3, 0.4) is 0 Å². The van der Waals surface area contributed by atoms with Crippen LogP contribution in [0.1, 0.15) is 27.3 Å². The molecular formula is C26H28F3N5O3. The van der Waals surface area contributed by atoms with Crippen molar-refractivity contribution in [3.8, 4) is 11.3 Å². The predicted octanol–water partition coefficient (Wildman–Crippen LogP) is 4.30. The number of alkyl halides is 3. The second-order valence-electron chi connectivity index (χ2n) is 8.72. The highest BCUT2D eigenvalue weighted by molar-refractivity contribution is 5.97. The van der Waals surface area contributed by atoms with Gasteiger partial charge in [0.2, 0.25) is 0 Å².